The summed E-state index contributed by atoms with van der Waals surface area (Å²) in [6.45, 7) is 0.311. The van der Waals surface area contributed by atoms with Crippen LogP contribution in [-0.4, -0.2) is 30.6 Å². The molecule has 0 radical (unpaired) electrons. The molecule has 3 N–H and O–H groups in total. The van der Waals surface area contributed by atoms with Gasteiger partial charge in [0.15, 0.2) is 0 Å². The van der Waals surface area contributed by atoms with Crippen molar-refractivity contribution in [3.63, 3.8) is 0 Å². The van der Waals surface area contributed by atoms with Crippen LogP contribution in [0.3, 0.4) is 0 Å². The Labute approximate surface area is 124 Å². The van der Waals surface area contributed by atoms with Crippen molar-refractivity contribution in [2.24, 2.45) is 11.1 Å². The average molecular weight is 290 g/mol. The van der Waals surface area contributed by atoms with Gasteiger partial charge in [-0.05, 0) is 25.0 Å². The van der Waals surface area contributed by atoms with Crippen LogP contribution < -0.4 is 10.6 Å². The Morgan fingerprint density at radius 1 is 1.24 bits per heavy atom. The summed E-state index contributed by atoms with van der Waals surface area (Å²) in [5.41, 5.74) is 5.91. The highest BCUT2D eigenvalue weighted by molar-refractivity contribution is 6.03. The molecule has 0 aromatic heterocycles. The lowest BCUT2D eigenvalue weighted by molar-refractivity contribution is -0.129. The molecule has 0 atom stereocenters. The first-order valence-corrected chi connectivity index (χ1v) is 7.32. The number of carbonyl (C=O) groups excluding carboxylic acids is 1. The van der Waals surface area contributed by atoms with Gasteiger partial charge in [-0.25, -0.2) is 4.79 Å². The van der Waals surface area contributed by atoms with Crippen molar-refractivity contribution in [3.05, 3.63) is 29.8 Å². The van der Waals surface area contributed by atoms with Crippen LogP contribution in [0.2, 0.25) is 0 Å². The topological polar surface area (TPSA) is 83.6 Å². The molecular weight excluding hydrogens is 268 g/mol. The molecule has 1 aliphatic rings. The van der Waals surface area contributed by atoms with Crippen molar-refractivity contribution in [2.45, 2.75) is 32.1 Å². The Morgan fingerprint density at radius 3 is 2.43 bits per heavy atom. The number of rotatable bonds is 4. The van der Waals surface area contributed by atoms with E-state index >= 15 is 0 Å². The number of anilines is 1. The highest BCUT2D eigenvalue weighted by Gasteiger charge is 2.40. The fourth-order valence-electron chi connectivity index (χ4n) is 3.15. The Bertz CT molecular complexity index is 536. The summed E-state index contributed by atoms with van der Waals surface area (Å²) in [4.78, 5) is 25.7. The van der Waals surface area contributed by atoms with E-state index in [4.69, 9.17) is 5.73 Å². The standard InChI is InChI=1S/C16H22N2O3/c1-18(13-8-4-3-7-12(13)14(19)20)15(21)16(11-17)9-5-2-6-10-16/h3-4,7-8H,2,5-6,9-11,17H2,1H3,(H,19,20). The molecule has 0 unspecified atom stereocenters. The number of para-hydroxylation sites is 1. The summed E-state index contributed by atoms with van der Waals surface area (Å²) in [5, 5.41) is 9.27. The van der Waals surface area contributed by atoms with Gasteiger partial charge < -0.3 is 15.7 Å². The van der Waals surface area contributed by atoms with Gasteiger partial charge in [0.05, 0.1) is 16.7 Å². The molecule has 5 nitrogen and oxygen atoms in total. The van der Waals surface area contributed by atoms with E-state index < -0.39 is 11.4 Å². The van der Waals surface area contributed by atoms with E-state index in [0.29, 0.717) is 12.2 Å². The molecular formula is C16H22N2O3. The second kappa shape index (κ2) is 6.26. The largest absolute Gasteiger partial charge is 0.478 e. The summed E-state index contributed by atoms with van der Waals surface area (Å²) >= 11 is 0. The predicted octanol–water partition coefficient (Wildman–Crippen LogP) is 2.26. The maximum atomic E-state index is 12.9. The number of nitrogens with two attached hydrogens (primary N) is 1. The molecule has 0 saturated heterocycles. The lowest BCUT2D eigenvalue weighted by Gasteiger charge is -2.38. The Morgan fingerprint density at radius 2 is 1.86 bits per heavy atom. The number of benzene rings is 1. The molecule has 1 saturated carbocycles. The molecule has 2 rings (SSSR count). The van der Waals surface area contributed by atoms with Gasteiger partial charge in [-0.2, -0.15) is 0 Å². The zero-order chi connectivity index (χ0) is 15.5. The van der Waals surface area contributed by atoms with Crippen LogP contribution in [0.5, 0.6) is 0 Å². The van der Waals surface area contributed by atoms with E-state index in [1.807, 2.05) is 0 Å². The van der Waals surface area contributed by atoms with Crippen LogP contribution in [0.4, 0.5) is 5.69 Å². The van der Waals surface area contributed by atoms with Gasteiger partial charge in [0, 0.05) is 13.6 Å². The van der Waals surface area contributed by atoms with Crippen LogP contribution in [0.25, 0.3) is 0 Å². The van der Waals surface area contributed by atoms with E-state index in [1.165, 1.54) is 11.0 Å². The van der Waals surface area contributed by atoms with Crippen molar-refractivity contribution in [3.8, 4) is 0 Å². The lowest BCUT2D eigenvalue weighted by atomic mass is 9.73. The van der Waals surface area contributed by atoms with Crippen LogP contribution >= 0.6 is 0 Å². The molecule has 0 aliphatic heterocycles. The van der Waals surface area contributed by atoms with Gasteiger partial charge in [0.2, 0.25) is 5.91 Å². The monoisotopic (exact) mass is 290 g/mol. The highest BCUT2D eigenvalue weighted by atomic mass is 16.4. The Hall–Kier alpha value is -1.88. The van der Waals surface area contributed by atoms with Crippen LogP contribution in [0.15, 0.2) is 24.3 Å². The van der Waals surface area contributed by atoms with Crippen LogP contribution in [0, 0.1) is 5.41 Å². The van der Waals surface area contributed by atoms with E-state index in [2.05, 4.69) is 0 Å². The zero-order valence-electron chi connectivity index (χ0n) is 12.3. The number of carboxylic acids is 1. The Kier molecular flexibility index (Phi) is 4.63. The molecule has 21 heavy (non-hydrogen) atoms. The third-order valence-corrected chi connectivity index (χ3v) is 4.46. The van der Waals surface area contributed by atoms with Crippen molar-refractivity contribution < 1.29 is 14.7 Å². The number of aromatic carboxylic acids is 1. The maximum Gasteiger partial charge on any atom is 0.337 e. The van der Waals surface area contributed by atoms with Gasteiger partial charge in [-0.1, -0.05) is 31.4 Å². The minimum absolute atomic E-state index is 0.0709. The highest BCUT2D eigenvalue weighted by Crippen LogP contribution is 2.38. The predicted molar refractivity (Wildman–Crippen MR) is 81.4 cm³/mol. The maximum absolute atomic E-state index is 12.9. The number of carbonyl (C=O) groups is 2. The molecule has 1 aromatic carbocycles. The molecule has 1 aliphatic carbocycles. The summed E-state index contributed by atoms with van der Waals surface area (Å²) in [5.74, 6) is -1.10. The first kappa shape index (κ1) is 15.5. The molecule has 0 bridgehead atoms. The fraction of sp³-hybridized carbons (Fsp3) is 0.500. The molecule has 0 spiro atoms. The quantitative estimate of drug-likeness (QED) is 0.891. The molecule has 5 heteroatoms. The van der Waals surface area contributed by atoms with Gasteiger partial charge in [-0.15, -0.1) is 0 Å². The summed E-state index contributed by atoms with van der Waals surface area (Å²) < 4.78 is 0. The number of nitrogens with zero attached hydrogens (tertiary/aromatic N) is 1. The Balaban J connectivity index is 2.32. The summed E-state index contributed by atoms with van der Waals surface area (Å²) in [7, 11) is 1.64. The van der Waals surface area contributed by atoms with E-state index in [-0.39, 0.29) is 11.5 Å². The normalized spacial score (nSPS) is 17.2. The molecule has 1 fully saturated rings. The van der Waals surface area contributed by atoms with Crippen molar-refractivity contribution in [2.75, 3.05) is 18.5 Å². The second-order valence-electron chi connectivity index (χ2n) is 5.73. The first-order valence-electron chi connectivity index (χ1n) is 7.32. The number of carboxylic acid groups (broad SMARTS) is 1. The van der Waals surface area contributed by atoms with Crippen molar-refractivity contribution in [1.82, 2.24) is 0 Å². The molecule has 1 aromatic rings. The first-order chi connectivity index (χ1) is 10.0. The van der Waals surface area contributed by atoms with Gasteiger partial charge in [-0.3, -0.25) is 4.79 Å². The third kappa shape index (κ3) is 2.93. The van der Waals surface area contributed by atoms with E-state index in [9.17, 15) is 14.7 Å². The zero-order valence-corrected chi connectivity index (χ0v) is 12.3. The third-order valence-electron chi connectivity index (χ3n) is 4.46. The summed E-state index contributed by atoms with van der Waals surface area (Å²) in [6.07, 6.45) is 4.68. The van der Waals surface area contributed by atoms with Gasteiger partial charge >= 0.3 is 5.97 Å². The van der Waals surface area contributed by atoms with Crippen molar-refractivity contribution >= 4 is 17.6 Å². The SMILES string of the molecule is CN(C(=O)C1(CN)CCCCC1)c1ccccc1C(=O)O. The number of hydrogen-bond donors (Lipinski definition) is 2. The minimum atomic E-state index is -1.03. The number of hydrogen-bond acceptors (Lipinski definition) is 3. The van der Waals surface area contributed by atoms with E-state index in [1.54, 1.807) is 25.2 Å². The summed E-state index contributed by atoms with van der Waals surface area (Å²) in [6, 6.07) is 6.57. The molecule has 1 amide bonds. The average Bonchev–Trinajstić information content (AvgIpc) is 2.54. The fourth-order valence-corrected chi connectivity index (χ4v) is 3.15. The second-order valence-corrected chi connectivity index (χ2v) is 5.73. The van der Waals surface area contributed by atoms with Crippen LogP contribution in [0.1, 0.15) is 42.5 Å². The van der Waals surface area contributed by atoms with Crippen molar-refractivity contribution in [1.29, 1.82) is 0 Å². The van der Waals surface area contributed by atoms with E-state index in [0.717, 1.165) is 32.1 Å². The molecule has 114 valence electrons. The number of amides is 1. The van der Waals surface area contributed by atoms with Gasteiger partial charge in [0.1, 0.15) is 0 Å². The lowest BCUT2D eigenvalue weighted by Crippen LogP contribution is -2.48. The van der Waals surface area contributed by atoms with Crippen LogP contribution in [-0.2, 0) is 4.79 Å². The smallest absolute Gasteiger partial charge is 0.337 e. The minimum Gasteiger partial charge on any atom is -0.478 e. The van der Waals surface area contributed by atoms with Gasteiger partial charge in [0.25, 0.3) is 0 Å². The molecule has 0 heterocycles.